The molecule has 0 saturated carbocycles. The number of carboxylic acid groups (broad SMARTS) is 2. The van der Waals surface area contributed by atoms with Gasteiger partial charge in [-0.1, -0.05) is 0 Å². The monoisotopic (exact) mass is 189 g/mol. The van der Waals surface area contributed by atoms with E-state index >= 15 is 0 Å². The van der Waals surface area contributed by atoms with Crippen LogP contribution in [-0.4, -0.2) is 40.5 Å². The van der Waals surface area contributed by atoms with Gasteiger partial charge in [0.05, 0.1) is 6.54 Å². The van der Waals surface area contributed by atoms with Crippen LogP contribution in [0.15, 0.2) is 0 Å². The second kappa shape index (κ2) is 5.26. The first-order valence-electron chi connectivity index (χ1n) is 3.61. The van der Waals surface area contributed by atoms with Gasteiger partial charge in [-0.3, -0.25) is 19.7 Å². The first-order chi connectivity index (χ1) is 5.93. The van der Waals surface area contributed by atoms with Gasteiger partial charge in [0.25, 0.3) is 0 Å². The van der Waals surface area contributed by atoms with E-state index < -0.39 is 24.5 Å². The minimum Gasteiger partial charge on any atom is -0.480 e. The number of carbonyl (C=O) groups excluding carboxylic acids is 1. The molecule has 0 saturated heterocycles. The lowest BCUT2D eigenvalue weighted by Crippen LogP contribution is -2.40. The molecule has 0 bridgehead atoms. The Labute approximate surface area is 74.6 Å². The number of Topliss-reactive ketones (excluding diaryl/α,β-unsaturated/α-hetero) is 1. The third-order valence-electron chi connectivity index (χ3n) is 1.29. The van der Waals surface area contributed by atoms with Crippen LogP contribution >= 0.6 is 0 Å². The van der Waals surface area contributed by atoms with Gasteiger partial charge in [-0.15, -0.1) is 0 Å². The Balaban J connectivity index is 4.02. The number of aliphatic carboxylic acids is 2. The fourth-order valence-corrected chi connectivity index (χ4v) is 0.745. The third kappa shape index (κ3) is 5.80. The topological polar surface area (TPSA) is 104 Å². The summed E-state index contributed by atoms with van der Waals surface area (Å²) >= 11 is 0. The molecule has 0 radical (unpaired) electrons. The summed E-state index contributed by atoms with van der Waals surface area (Å²) < 4.78 is 0. The standard InChI is InChI=1S/C7H11NO5/c1-4(9)2-5(7(12)13)8-3-6(10)11/h5,8H,2-3H2,1H3,(H,10,11)(H,12,13). The van der Waals surface area contributed by atoms with E-state index in [2.05, 4.69) is 5.32 Å². The molecule has 1 unspecified atom stereocenters. The molecule has 0 amide bonds. The van der Waals surface area contributed by atoms with Gasteiger partial charge in [-0.2, -0.15) is 0 Å². The summed E-state index contributed by atoms with van der Waals surface area (Å²) in [7, 11) is 0. The Morgan fingerprint density at radius 2 is 1.85 bits per heavy atom. The Bertz CT molecular complexity index is 225. The van der Waals surface area contributed by atoms with Crippen molar-refractivity contribution in [3.63, 3.8) is 0 Å². The maximum Gasteiger partial charge on any atom is 0.321 e. The van der Waals surface area contributed by atoms with Gasteiger partial charge < -0.3 is 10.2 Å². The van der Waals surface area contributed by atoms with Gasteiger partial charge in [0.15, 0.2) is 0 Å². The van der Waals surface area contributed by atoms with Gasteiger partial charge in [-0.05, 0) is 6.92 Å². The molecule has 6 nitrogen and oxygen atoms in total. The van der Waals surface area contributed by atoms with Crippen molar-refractivity contribution in [2.24, 2.45) is 0 Å². The molecule has 0 aliphatic carbocycles. The van der Waals surface area contributed by atoms with Crippen LogP contribution in [0.25, 0.3) is 0 Å². The average molecular weight is 189 g/mol. The quantitative estimate of drug-likeness (QED) is 0.500. The zero-order valence-electron chi connectivity index (χ0n) is 7.11. The normalized spacial score (nSPS) is 12.1. The highest BCUT2D eigenvalue weighted by Gasteiger charge is 2.19. The van der Waals surface area contributed by atoms with Crippen molar-refractivity contribution in [1.82, 2.24) is 5.32 Å². The van der Waals surface area contributed by atoms with Crippen molar-refractivity contribution in [3.05, 3.63) is 0 Å². The van der Waals surface area contributed by atoms with E-state index in [9.17, 15) is 14.4 Å². The molecule has 0 aromatic heterocycles. The molecule has 0 spiro atoms. The third-order valence-corrected chi connectivity index (χ3v) is 1.29. The summed E-state index contributed by atoms with van der Waals surface area (Å²) in [4.78, 5) is 31.1. The fourth-order valence-electron chi connectivity index (χ4n) is 0.745. The highest BCUT2D eigenvalue weighted by molar-refractivity contribution is 5.84. The highest BCUT2D eigenvalue weighted by atomic mass is 16.4. The largest absolute Gasteiger partial charge is 0.480 e. The van der Waals surface area contributed by atoms with Crippen LogP contribution in [-0.2, 0) is 14.4 Å². The summed E-state index contributed by atoms with van der Waals surface area (Å²) in [6.45, 7) is 0.780. The van der Waals surface area contributed by atoms with Gasteiger partial charge in [0.2, 0.25) is 0 Å². The maximum absolute atomic E-state index is 10.6. The Kier molecular flexibility index (Phi) is 4.68. The van der Waals surface area contributed by atoms with Crippen molar-refractivity contribution in [2.75, 3.05) is 6.54 Å². The van der Waals surface area contributed by atoms with Crippen molar-refractivity contribution in [1.29, 1.82) is 0 Å². The number of nitrogens with one attached hydrogen (secondary N) is 1. The van der Waals surface area contributed by atoms with E-state index in [0.717, 1.165) is 0 Å². The zero-order chi connectivity index (χ0) is 10.4. The van der Waals surface area contributed by atoms with Gasteiger partial charge in [-0.25, -0.2) is 0 Å². The summed E-state index contributed by atoms with van der Waals surface area (Å²) in [5.41, 5.74) is 0. The lowest BCUT2D eigenvalue weighted by molar-refractivity contribution is -0.142. The molecule has 0 aliphatic rings. The molecular formula is C7H11NO5. The summed E-state index contributed by atoms with van der Waals surface area (Å²) in [5.74, 6) is -2.68. The second-order valence-corrected chi connectivity index (χ2v) is 2.57. The zero-order valence-corrected chi connectivity index (χ0v) is 7.11. The van der Waals surface area contributed by atoms with Gasteiger partial charge >= 0.3 is 11.9 Å². The Morgan fingerprint density at radius 3 is 2.15 bits per heavy atom. The van der Waals surface area contributed by atoms with E-state index in [0.29, 0.717) is 0 Å². The average Bonchev–Trinajstić information content (AvgIpc) is 1.96. The number of rotatable bonds is 6. The lowest BCUT2D eigenvalue weighted by atomic mass is 10.1. The molecule has 0 fully saturated rings. The molecule has 3 N–H and O–H groups in total. The molecule has 0 aromatic carbocycles. The van der Waals surface area contributed by atoms with Gasteiger partial charge in [0.1, 0.15) is 11.8 Å². The van der Waals surface area contributed by atoms with E-state index in [-0.39, 0.29) is 12.2 Å². The molecule has 13 heavy (non-hydrogen) atoms. The van der Waals surface area contributed by atoms with E-state index in [1.807, 2.05) is 0 Å². The number of carboxylic acids is 2. The number of ketones is 1. The van der Waals surface area contributed by atoms with Gasteiger partial charge in [0, 0.05) is 6.42 Å². The molecule has 1 atom stereocenters. The SMILES string of the molecule is CC(=O)CC(NCC(=O)O)C(=O)O. The predicted molar refractivity (Wildman–Crippen MR) is 42.4 cm³/mol. The molecular weight excluding hydrogens is 178 g/mol. The molecule has 0 aliphatic heterocycles. The molecule has 0 heterocycles. The smallest absolute Gasteiger partial charge is 0.321 e. The number of hydrogen-bond acceptors (Lipinski definition) is 4. The maximum atomic E-state index is 10.6. The van der Waals surface area contributed by atoms with E-state index in [1.54, 1.807) is 0 Å². The van der Waals surface area contributed by atoms with Crippen molar-refractivity contribution in [2.45, 2.75) is 19.4 Å². The first-order valence-corrected chi connectivity index (χ1v) is 3.61. The van der Waals surface area contributed by atoms with Crippen LogP contribution in [0.5, 0.6) is 0 Å². The van der Waals surface area contributed by atoms with E-state index in [1.165, 1.54) is 6.92 Å². The molecule has 6 heteroatoms. The lowest BCUT2D eigenvalue weighted by Gasteiger charge is -2.10. The van der Waals surface area contributed by atoms with Crippen molar-refractivity contribution in [3.8, 4) is 0 Å². The summed E-state index contributed by atoms with van der Waals surface area (Å²) in [6, 6.07) is -1.12. The minimum absolute atomic E-state index is 0.206. The first kappa shape index (κ1) is 11.6. The Morgan fingerprint density at radius 1 is 1.31 bits per heavy atom. The van der Waals surface area contributed by atoms with Crippen LogP contribution in [0.3, 0.4) is 0 Å². The summed E-state index contributed by atoms with van der Waals surface area (Å²) in [6.07, 6.45) is -0.206. The van der Waals surface area contributed by atoms with Crippen molar-refractivity contribution >= 4 is 17.7 Å². The second-order valence-electron chi connectivity index (χ2n) is 2.57. The highest BCUT2D eigenvalue weighted by Crippen LogP contribution is 1.93. The number of carbonyl (C=O) groups is 3. The van der Waals surface area contributed by atoms with Crippen LogP contribution in [0.1, 0.15) is 13.3 Å². The van der Waals surface area contributed by atoms with E-state index in [4.69, 9.17) is 10.2 Å². The summed E-state index contributed by atoms with van der Waals surface area (Å²) in [5, 5.41) is 19.0. The van der Waals surface area contributed by atoms with Crippen LogP contribution < -0.4 is 5.32 Å². The number of hydrogen-bond donors (Lipinski definition) is 3. The Hall–Kier alpha value is -1.43. The molecule has 74 valence electrons. The minimum atomic E-state index is -1.23. The molecule has 0 rings (SSSR count). The predicted octanol–water partition coefficient (Wildman–Crippen LogP) is -0.907. The van der Waals surface area contributed by atoms with Crippen molar-refractivity contribution < 1.29 is 24.6 Å². The van der Waals surface area contributed by atoms with Crippen LogP contribution in [0, 0.1) is 0 Å². The fraction of sp³-hybridized carbons (Fsp3) is 0.571. The van der Waals surface area contributed by atoms with Crippen LogP contribution in [0.2, 0.25) is 0 Å². The molecule has 0 aromatic rings. The van der Waals surface area contributed by atoms with Crippen LogP contribution in [0.4, 0.5) is 0 Å².